The van der Waals surface area contributed by atoms with Gasteiger partial charge in [0.05, 0.1) is 6.61 Å². The zero-order valence-electron chi connectivity index (χ0n) is 20.0. The summed E-state index contributed by atoms with van der Waals surface area (Å²) in [5, 5.41) is 3.73. The van der Waals surface area contributed by atoms with Crippen LogP contribution in [0.5, 0.6) is 0 Å². The first-order valence-electron chi connectivity index (χ1n) is 11.0. The predicted octanol–water partition coefficient (Wildman–Crippen LogP) is 4.46. The lowest BCUT2D eigenvalue weighted by Crippen LogP contribution is -2.61. The molecule has 2 atom stereocenters. The Hall–Kier alpha value is -2.07. The van der Waals surface area contributed by atoms with Gasteiger partial charge in [-0.15, -0.1) is 11.3 Å². The summed E-state index contributed by atoms with van der Waals surface area (Å²) in [7, 11) is 0. The van der Waals surface area contributed by atoms with E-state index >= 15 is 0 Å². The molecular weight excluding hydrogens is 460 g/mol. The highest BCUT2D eigenvalue weighted by Crippen LogP contribution is 2.37. The van der Waals surface area contributed by atoms with E-state index in [1.807, 2.05) is 44.2 Å². The number of carbonyl (C=O) groups is 2. The summed E-state index contributed by atoms with van der Waals surface area (Å²) in [6.07, 6.45) is 0.864. The molecule has 182 valence electrons. The zero-order chi connectivity index (χ0) is 24.8. The molecule has 0 spiro atoms. The van der Waals surface area contributed by atoms with Crippen LogP contribution in [0.25, 0.3) is 11.1 Å². The number of esters is 1. The van der Waals surface area contributed by atoms with E-state index < -0.39 is 22.8 Å². The average Bonchev–Trinajstić information content (AvgIpc) is 3.09. The Bertz CT molecular complexity index is 985. The van der Waals surface area contributed by atoms with Gasteiger partial charge in [-0.25, -0.2) is 4.79 Å². The number of ether oxygens (including phenoxy) is 1. The van der Waals surface area contributed by atoms with Gasteiger partial charge in [-0.05, 0) is 49.3 Å². The van der Waals surface area contributed by atoms with Gasteiger partial charge in [0, 0.05) is 28.3 Å². The van der Waals surface area contributed by atoms with Gasteiger partial charge >= 0.3 is 5.97 Å². The molecule has 2 rings (SSSR count). The van der Waals surface area contributed by atoms with Crippen LogP contribution in [-0.4, -0.2) is 32.7 Å². The number of Topliss-reactive ketones (excluding diaryl/α,β-unsaturated/α-hetero) is 1. The van der Waals surface area contributed by atoms with Gasteiger partial charge in [-0.3, -0.25) is 14.3 Å². The van der Waals surface area contributed by atoms with Crippen LogP contribution in [0.3, 0.4) is 0 Å². The molecule has 33 heavy (non-hydrogen) atoms. The molecule has 9 heteroatoms. The quantitative estimate of drug-likeness (QED) is 0.257. The summed E-state index contributed by atoms with van der Waals surface area (Å²) in [5.41, 5.74) is 1.17. The van der Waals surface area contributed by atoms with Gasteiger partial charge in [0.25, 0.3) is 0 Å². The Morgan fingerprint density at radius 3 is 2.30 bits per heavy atom. The fraction of sp³-hybridized carbons (Fsp3) is 0.500. The first kappa shape index (κ1) is 27.2. The van der Waals surface area contributed by atoms with Gasteiger partial charge in [0.15, 0.2) is 11.3 Å². The van der Waals surface area contributed by atoms with Crippen LogP contribution in [0.2, 0.25) is 0 Å². The number of hydrogen-bond acceptors (Lipinski definition) is 7. The maximum absolute atomic E-state index is 12.7. The second-order valence-corrected chi connectivity index (χ2v) is 10.5. The Morgan fingerprint density at radius 2 is 1.82 bits per heavy atom. The lowest BCUT2D eigenvalue weighted by atomic mass is 9.82. The van der Waals surface area contributed by atoms with Crippen LogP contribution >= 0.6 is 11.3 Å². The van der Waals surface area contributed by atoms with E-state index in [-0.39, 0.29) is 18.3 Å². The highest BCUT2D eigenvalue weighted by atomic mass is 32.2. The third-order valence-corrected chi connectivity index (χ3v) is 7.00. The van der Waals surface area contributed by atoms with Crippen molar-refractivity contribution in [2.75, 3.05) is 11.3 Å². The van der Waals surface area contributed by atoms with Crippen molar-refractivity contribution in [2.24, 2.45) is 11.8 Å². The van der Waals surface area contributed by atoms with E-state index in [4.69, 9.17) is 4.74 Å². The van der Waals surface area contributed by atoms with Crippen molar-refractivity contribution in [3.63, 3.8) is 0 Å². The molecule has 1 aromatic carbocycles. The molecule has 0 amide bonds. The van der Waals surface area contributed by atoms with Crippen LogP contribution in [0.15, 0.2) is 30.3 Å². The summed E-state index contributed by atoms with van der Waals surface area (Å²) in [4.78, 5) is 26.2. The van der Waals surface area contributed by atoms with Crippen LogP contribution in [0.4, 0.5) is 5.00 Å². The molecule has 1 aromatic heterocycles. The van der Waals surface area contributed by atoms with E-state index in [0.717, 1.165) is 28.0 Å². The van der Waals surface area contributed by atoms with E-state index in [2.05, 4.69) is 23.9 Å². The average molecular weight is 494 g/mol. The molecule has 0 saturated heterocycles. The smallest absolute Gasteiger partial charge is 0.334 e. The molecule has 1 heterocycles. The second-order valence-electron chi connectivity index (χ2n) is 8.68. The summed E-state index contributed by atoms with van der Waals surface area (Å²) in [5.74, 6) is -0.691. The van der Waals surface area contributed by atoms with Gasteiger partial charge in [0.2, 0.25) is 0 Å². The van der Waals surface area contributed by atoms with Crippen molar-refractivity contribution in [1.82, 2.24) is 5.32 Å². The summed E-state index contributed by atoms with van der Waals surface area (Å²) < 4.78 is 30.2. The Labute approximate surface area is 202 Å². The van der Waals surface area contributed by atoms with Crippen molar-refractivity contribution in [2.45, 2.75) is 60.0 Å². The second kappa shape index (κ2) is 11.9. The Morgan fingerprint density at radius 1 is 1.18 bits per heavy atom. The number of thiophene rings is 1. The van der Waals surface area contributed by atoms with Crippen molar-refractivity contribution in [3.05, 3.63) is 40.8 Å². The minimum absolute atomic E-state index is 0.195. The molecule has 7 nitrogen and oxygen atoms in total. The van der Waals surface area contributed by atoms with Gasteiger partial charge in [-0.2, -0.15) is 0 Å². The topological polar surface area (TPSA) is 108 Å². The van der Waals surface area contributed by atoms with Crippen molar-refractivity contribution in [3.8, 4) is 11.1 Å². The van der Waals surface area contributed by atoms with E-state index in [0.29, 0.717) is 17.5 Å². The SMILES string of the molecule is CCOC(=O)C(NCc1ccc(-c2cc(CC(C)C)sc2NS(=O)[O-])cc1)(C(C)=O)C(C)C. The third kappa shape index (κ3) is 6.72. The minimum Gasteiger partial charge on any atom is -0.755 e. The highest BCUT2D eigenvalue weighted by Gasteiger charge is 2.47. The minimum atomic E-state index is -2.41. The molecule has 2 aromatic rings. The summed E-state index contributed by atoms with van der Waals surface area (Å²) in [6.45, 7) is 11.5. The number of carbonyl (C=O) groups excluding carboxylic acids is 2. The molecule has 0 aliphatic heterocycles. The molecule has 0 aliphatic rings. The van der Waals surface area contributed by atoms with Gasteiger partial charge in [0.1, 0.15) is 5.00 Å². The third-order valence-electron chi connectivity index (χ3n) is 5.42. The maximum Gasteiger partial charge on any atom is 0.334 e. The molecule has 2 unspecified atom stereocenters. The molecular formula is C24H33N2O5S2-. The first-order valence-corrected chi connectivity index (χ1v) is 12.9. The van der Waals surface area contributed by atoms with Crippen molar-refractivity contribution >= 4 is 39.4 Å². The van der Waals surface area contributed by atoms with E-state index in [9.17, 15) is 18.4 Å². The van der Waals surface area contributed by atoms with Crippen LogP contribution in [0, 0.1) is 11.8 Å². The fourth-order valence-electron chi connectivity index (χ4n) is 3.79. The number of rotatable bonds is 12. The van der Waals surface area contributed by atoms with Crippen LogP contribution in [-0.2, 0) is 38.6 Å². The monoisotopic (exact) mass is 493 g/mol. The number of ketones is 1. The number of benzene rings is 1. The number of hydrogen-bond donors (Lipinski definition) is 2. The molecule has 0 bridgehead atoms. The highest BCUT2D eigenvalue weighted by molar-refractivity contribution is 7.80. The summed E-state index contributed by atoms with van der Waals surface area (Å²) in [6, 6.07) is 9.64. The molecule has 2 N–H and O–H groups in total. The van der Waals surface area contributed by atoms with Crippen molar-refractivity contribution < 1.29 is 23.1 Å². The Kier molecular flexibility index (Phi) is 9.78. The molecule has 0 saturated carbocycles. The summed E-state index contributed by atoms with van der Waals surface area (Å²) >= 11 is -0.971. The van der Waals surface area contributed by atoms with Crippen LogP contribution < -0.4 is 10.0 Å². The van der Waals surface area contributed by atoms with E-state index in [1.54, 1.807) is 6.92 Å². The largest absolute Gasteiger partial charge is 0.755 e. The Balaban J connectivity index is 2.28. The predicted molar refractivity (Wildman–Crippen MR) is 133 cm³/mol. The zero-order valence-corrected chi connectivity index (χ0v) is 21.7. The van der Waals surface area contributed by atoms with E-state index in [1.165, 1.54) is 18.3 Å². The molecule has 0 fully saturated rings. The normalized spacial score (nSPS) is 14.2. The molecule has 0 radical (unpaired) electrons. The fourth-order valence-corrected chi connectivity index (χ4v) is 5.56. The van der Waals surface area contributed by atoms with Gasteiger partial charge in [-0.1, -0.05) is 52.0 Å². The first-order chi connectivity index (χ1) is 15.5. The molecule has 0 aliphatic carbocycles. The van der Waals surface area contributed by atoms with Crippen LogP contribution in [0.1, 0.15) is 52.0 Å². The number of anilines is 1. The maximum atomic E-state index is 12.7. The van der Waals surface area contributed by atoms with Gasteiger partial charge < -0.3 is 14.0 Å². The van der Waals surface area contributed by atoms with Crippen molar-refractivity contribution in [1.29, 1.82) is 0 Å². The lowest BCUT2D eigenvalue weighted by Gasteiger charge is -2.33. The standard InChI is InChI=1S/C24H34N2O5S2/c1-7-31-23(28)24(16(4)5,17(6)27)25-14-18-8-10-19(11-9-18)21-13-20(12-15(2)3)32-22(21)26-33(29)30/h8-11,13,15-16,25-26H,7,12,14H2,1-6H3,(H,29,30)/p-1. The lowest BCUT2D eigenvalue weighted by molar-refractivity contribution is -0.157. The number of nitrogens with one attached hydrogen (secondary N) is 2.